The lowest BCUT2D eigenvalue weighted by Gasteiger charge is -2.17. The van der Waals surface area contributed by atoms with Gasteiger partial charge < -0.3 is 15.0 Å². The first-order chi connectivity index (χ1) is 13.0. The minimum Gasteiger partial charge on any atom is -0.497 e. The Morgan fingerprint density at radius 3 is 2.63 bits per heavy atom. The van der Waals surface area contributed by atoms with E-state index in [1.807, 2.05) is 24.3 Å². The van der Waals surface area contributed by atoms with Crippen molar-refractivity contribution in [2.45, 2.75) is 13.0 Å². The normalized spacial score (nSPS) is 16.3. The van der Waals surface area contributed by atoms with E-state index in [1.165, 1.54) is 18.2 Å². The van der Waals surface area contributed by atoms with Crippen molar-refractivity contribution >= 4 is 23.2 Å². The molecule has 27 heavy (non-hydrogen) atoms. The highest BCUT2D eigenvalue weighted by Gasteiger charge is 2.34. The predicted molar refractivity (Wildman–Crippen MR) is 98.2 cm³/mol. The topological polar surface area (TPSA) is 102 Å². The summed E-state index contributed by atoms with van der Waals surface area (Å²) in [6.45, 7) is 0.676. The molecule has 8 heteroatoms. The van der Waals surface area contributed by atoms with E-state index >= 15 is 0 Å². The number of amides is 2. The summed E-state index contributed by atoms with van der Waals surface area (Å²) in [6, 6.07) is 13.3. The Labute approximate surface area is 155 Å². The molecular weight excluding hydrogens is 350 g/mol. The van der Waals surface area contributed by atoms with Crippen LogP contribution in [0.2, 0.25) is 0 Å². The molecule has 3 rings (SSSR count). The average Bonchev–Trinajstić information content (AvgIpc) is 3.03. The Bertz CT molecular complexity index is 866. The molecule has 0 spiro atoms. The molecule has 1 saturated heterocycles. The minimum atomic E-state index is -0.550. The van der Waals surface area contributed by atoms with Crippen molar-refractivity contribution in [3.05, 3.63) is 64.2 Å². The molecule has 0 bridgehead atoms. The van der Waals surface area contributed by atoms with Gasteiger partial charge in [-0.15, -0.1) is 0 Å². The fourth-order valence-corrected chi connectivity index (χ4v) is 3.03. The van der Waals surface area contributed by atoms with E-state index in [2.05, 4.69) is 5.32 Å². The number of carbonyl (C=O) groups excluding carboxylic acids is 2. The second kappa shape index (κ2) is 7.86. The molecule has 0 aromatic heterocycles. The summed E-state index contributed by atoms with van der Waals surface area (Å²) in [5.41, 5.74) is 0.891. The molecule has 0 radical (unpaired) electrons. The van der Waals surface area contributed by atoms with Gasteiger partial charge in [-0.2, -0.15) is 0 Å². The van der Waals surface area contributed by atoms with Crippen LogP contribution in [0.3, 0.4) is 0 Å². The maximum absolute atomic E-state index is 12.5. The molecule has 1 fully saturated rings. The highest BCUT2D eigenvalue weighted by Crippen LogP contribution is 2.26. The summed E-state index contributed by atoms with van der Waals surface area (Å²) in [5, 5.41) is 13.6. The fourth-order valence-electron chi connectivity index (χ4n) is 3.03. The lowest BCUT2D eigenvalue weighted by Crippen LogP contribution is -2.28. The number of hydrogen-bond donors (Lipinski definition) is 1. The van der Waals surface area contributed by atoms with Crippen LogP contribution < -0.4 is 10.1 Å². The van der Waals surface area contributed by atoms with Gasteiger partial charge in [-0.25, -0.2) is 0 Å². The van der Waals surface area contributed by atoms with Crippen molar-refractivity contribution in [3.8, 4) is 5.75 Å². The number of rotatable bonds is 6. The van der Waals surface area contributed by atoms with Crippen molar-refractivity contribution < 1.29 is 19.2 Å². The van der Waals surface area contributed by atoms with Gasteiger partial charge in [-0.3, -0.25) is 19.7 Å². The zero-order valence-corrected chi connectivity index (χ0v) is 14.8. The van der Waals surface area contributed by atoms with Crippen LogP contribution in [0.25, 0.3) is 0 Å². The first-order valence-corrected chi connectivity index (χ1v) is 8.43. The van der Waals surface area contributed by atoms with E-state index in [4.69, 9.17) is 4.74 Å². The molecule has 1 heterocycles. The Morgan fingerprint density at radius 2 is 1.96 bits per heavy atom. The maximum Gasteiger partial charge on any atom is 0.292 e. The first kappa shape index (κ1) is 18.4. The number of nitro groups is 1. The van der Waals surface area contributed by atoms with Crippen molar-refractivity contribution in [2.24, 2.45) is 5.92 Å². The van der Waals surface area contributed by atoms with Crippen molar-refractivity contribution in [1.82, 2.24) is 4.90 Å². The molecule has 8 nitrogen and oxygen atoms in total. The number of likely N-dealkylation sites (tertiary alicyclic amines) is 1. The summed E-state index contributed by atoms with van der Waals surface area (Å²) in [6.07, 6.45) is 0.0859. The SMILES string of the molecule is COc1ccc(CN2CC(C(=O)Nc3ccccc3[N+](=O)[O-])CC2=O)cc1. The Balaban J connectivity index is 1.64. The van der Waals surface area contributed by atoms with E-state index in [0.717, 1.165) is 11.3 Å². The van der Waals surface area contributed by atoms with Crippen LogP contribution in [0.4, 0.5) is 11.4 Å². The third kappa shape index (κ3) is 4.22. The summed E-state index contributed by atoms with van der Waals surface area (Å²) < 4.78 is 5.11. The lowest BCUT2D eigenvalue weighted by atomic mass is 10.1. The number of ether oxygens (including phenoxy) is 1. The summed E-state index contributed by atoms with van der Waals surface area (Å²) in [7, 11) is 1.58. The molecule has 140 valence electrons. The largest absolute Gasteiger partial charge is 0.497 e. The van der Waals surface area contributed by atoms with Gasteiger partial charge in [0.05, 0.1) is 18.0 Å². The van der Waals surface area contributed by atoms with Crippen molar-refractivity contribution in [1.29, 1.82) is 0 Å². The predicted octanol–water partition coefficient (Wildman–Crippen LogP) is 2.59. The summed E-state index contributed by atoms with van der Waals surface area (Å²) in [4.78, 5) is 36.9. The van der Waals surface area contributed by atoms with Crippen LogP contribution in [0, 0.1) is 16.0 Å². The van der Waals surface area contributed by atoms with E-state index in [1.54, 1.807) is 18.1 Å². The monoisotopic (exact) mass is 369 g/mol. The van der Waals surface area contributed by atoms with Gasteiger partial charge in [0.25, 0.3) is 5.69 Å². The zero-order chi connectivity index (χ0) is 19.4. The van der Waals surface area contributed by atoms with Crippen LogP contribution in [0.15, 0.2) is 48.5 Å². The third-order valence-electron chi connectivity index (χ3n) is 4.48. The summed E-state index contributed by atoms with van der Waals surface area (Å²) >= 11 is 0. The fraction of sp³-hybridized carbons (Fsp3) is 0.263. The molecule has 1 aliphatic heterocycles. The Kier molecular flexibility index (Phi) is 5.35. The van der Waals surface area contributed by atoms with Crippen molar-refractivity contribution in [3.63, 3.8) is 0 Å². The van der Waals surface area contributed by atoms with E-state index in [9.17, 15) is 19.7 Å². The number of nitrogens with zero attached hydrogens (tertiary/aromatic N) is 2. The van der Waals surface area contributed by atoms with Crippen molar-refractivity contribution in [2.75, 3.05) is 19.0 Å². The molecule has 2 aromatic rings. The van der Waals surface area contributed by atoms with Gasteiger partial charge in [0.15, 0.2) is 0 Å². The van der Waals surface area contributed by atoms with Crippen LogP contribution in [0.5, 0.6) is 5.75 Å². The molecule has 2 aromatic carbocycles. The van der Waals surface area contributed by atoms with Gasteiger partial charge in [0.1, 0.15) is 11.4 Å². The smallest absolute Gasteiger partial charge is 0.292 e. The number of carbonyl (C=O) groups is 2. The maximum atomic E-state index is 12.5. The van der Waals surface area contributed by atoms with Crippen LogP contribution in [0.1, 0.15) is 12.0 Å². The van der Waals surface area contributed by atoms with Gasteiger partial charge in [0, 0.05) is 25.6 Å². The second-order valence-corrected chi connectivity index (χ2v) is 6.29. The standard InChI is InChI=1S/C19H19N3O5/c1-27-15-8-6-13(7-9-15)11-21-12-14(10-18(21)23)19(24)20-16-4-2-3-5-17(16)22(25)26/h2-9,14H,10-12H2,1H3,(H,20,24). The molecule has 1 aliphatic rings. The first-order valence-electron chi connectivity index (χ1n) is 8.43. The third-order valence-corrected chi connectivity index (χ3v) is 4.48. The second-order valence-electron chi connectivity index (χ2n) is 6.29. The Hall–Kier alpha value is -3.42. The highest BCUT2D eigenvalue weighted by molar-refractivity contribution is 5.98. The molecular formula is C19H19N3O5. The molecule has 0 saturated carbocycles. The lowest BCUT2D eigenvalue weighted by molar-refractivity contribution is -0.383. The quantitative estimate of drug-likeness (QED) is 0.623. The molecule has 1 atom stereocenters. The van der Waals surface area contributed by atoms with E-state index < -0.39 is 16.7 Å². The van der Waals surface area contributed by atoms with E-state index in [0.29, 0.717) is 6.54 Å². The average molecular weight is 369 g/mol. The highest BCUT2D eigenvalue weighted by atomic mass is 16.6. The van der Waals surface area contributed by atoms with Gasteiger partial charge in [0.2, 0.25) is 11.8 Å². The number of benzene rings is 2. The Morgan fingerprint density at radius 1 is 1.26 bits per heavy atom. The number of hydrogen-bond acceptors (Lipinski definition) is 5. The minimum absolute atomic E-state index is 0.0859. The van der Waals surface area contributed by atoms with E-state index in [-0.39, 0.29) is 30.2 Å². The van der Waals surface area contributed by atoms with Gasteiger partial charge in [-0.1, -0.05) is 24.3 Å². The number of nitro benzene ring substituents is 1. The number of methoxy groups -OCH3 is 1. The van der Waals surface area contributed by atoms with Crippen LogP contribution in [-0.4, -0.2) is 35.3 Å². The number of anilines is 1. The molecule has 0 aliphatic carbocycles. The van der Waals surface area contributed by atoms with Crippen LogP contribution in [-0.2, 0) is 16.1 Å². The molecule has 1 unspecified atom stereocenters. The van der Waals surface area contributed by atoms with Crippen LogP contribution >= 0.6 is 0 Å². The summed E-state index contributed by atoms with van der Waals surface area (Å²) in [5.74, 6) is -0.327. The number of para-hydroxylation sites is 2. The van der Waals surface area contributed by atoms with Gasteiger partial charge >= 0.3 is 0 Å². The molecule has 2 amide bonds. The molecule has 1 N–H and O–H groups in total. The number of nitrogens with one attached hydrogen (secondary N) is 1. The zero-order valence-electron chi connectivity index (χ0n) is 14.8. The van der Waals surface area contributed by atoms with Gasteiger partial charge in [-0.05, 0) is 23.8 Å².